The van der Waals surface area contributed by atoms with E-state index in [2.05, 4.69) is 16.0 Å². The molecule has 1 aromatic carbocycles. The van der Waals surface area contributed by atoms with Gasteiger partial charge in [0.05, 0.1) is 11.4 Å². The largest absolute Gasteiger partial charge is 0.358 e. The van der Waals surface area contributed by atoms with E-state index in [1.165, 1.54) is 11.3 Å². The standard InChI is InChI=1S/C19H18N4O3S2/c24-15-7-6-14(17(25)22-15)23-10-11-8-13(28-16(11)18(23)26)9-20-19(27)21-12-4-2-1-3-5-12/h1-5,8,14H,6-7,9-10H2,(H2,20,21,27)(H,22,24,25). The van der Waals surface area contributed by atoms with Gasteiger partial charge in [-0.15, -0.1) is 11.3 Å². The van der Waals surface area contributed by atoms with Gasteiger partial charge in [0.1, 0.15) is 6.04 Å². The second kappa shape index (κ2) is 7.69. The summed E-state index contributed by atoms with van der Waals surface area (Å²) in [5.41, 5.74) is 1.82. The van der Waals surface area contributed by atoms with E-state index in [0.29, 0.717) is 29.5 Å². The highest BCUT2D eigenvalue weighted by atomic mass is 32.1. The Labute approximate surface area is 171 Å². The van der Waals surface area contributed by atoms with Crippen LogP contribution in [0.2, 0.25) is 0 Å². The van der Waals surface area contributed by atoms with Crippen LogP contribution in [0.5, 0.6) is 0 Å². The molecule has 1 fully saturated rings. The number of para-hydroxylation sites is 1. The number of nitrogens with zero attached hydrogens (tertiary/aromatic N) is 1. The van der Waals surface area contributed by atoms with Crippen molar-refractivity contribution in [1.29, 1.82) is 0 Å². The summed E-state index contributed by atoms with van der Waals surface area (Å²) in [4.78, 5) is 39.3. The highest BCUT2D eigenvalue weighted by molar-refractivity contribution is 7.80. The molecule has 2 aliphatic rings. The van der Waals surface area contributed by atoms with E-state index in [-0.39, 0.29) is 24.1 Å². The Morgan fingerprint density at radius 2 is 2.04 bits per heavy atom. The van der Waals surface area contributed by atoms with Gasteiger partial charge < -0.3 is 15.5 Å². The molecule has 0 aliphatic carbocycles. The number of carbonyl (C=O) groups excluding carboxylic acids is 3. The lowest BCUT2D eigenvalue weighted by Crippen LogP contribution is -2.52. The molecule has 1 aromatic heterocycles. The maximum atomic E-state index is 12.7. The molecule has 144 valence electrons. The molecule has 2 aliphatic heterocycles. The number of fused-ring (bicyclic) bond motifs is 1. The number of thiophene rings is 1. The second-order valence-corrected chi connectivity index (χ2v) is 8.19. The predicted octanol–water partition coefficient (Wildman–Crippen LogP) is 2.00. The van der Waals surface area contributed by atoms with Crippen molar-refractivity contribution in [2.24, 2.45) is 0 Å². The molecule has 0 saturated carbocycles. The van der Waals surface area contributed by atoms with Gasteiger partial charge in [-0.2, -0.15) is 0 Å². The lowest BCUT2D eigenvalue weighted by molar-refractivity contribution is -0.136. The van der Waals surface area contributed by atoms with E-state index in [1.807, 2.05) is 36.4 Å². The van der Waals surface area contributed by atoms with E-state index in [9.17, 15) is 14.4 Å². The molecule has 0 radical (unpaired) electrons. The summed E-state index contributed by atoms with van der Waals surface area (Å²) < 4.78 is 0. The van der Waals surface area contributed by atoms with Crippen LogP contribution in [0.4, 0.5) is 5.69 Å². The van der Waals surface area contributed by atoms with Crippen LogP contribution in [-0.2, 0) is 22.7 Å². The monoisotopic (exact) mass is 414 g/mol. The van der Waals surface area contributed by atoms with E-state index >= 15 is 0 Å². The number of rotatable bonds is 4. The lowest BCUT2D eigenvalue weighted by Gasteiger charge is -2.29. The van der Waals surface area contributed by atoms with Crippen molar-refractivity contribution in [2.45, 2.75) is 32.0 Å². The molecular formula is C19H18N4O3S2. The van der Waals surface area contributed by atoms with Crippen molar-refractivity contribution < 1.29 is 14.4 Å². The van der Waals surface area contributed by atoms with Crippen molar-refractivity contribution in [2.75, 3.05) is 5.32 Å². The molecule has 0 spiro atoms. The van der Waals surface area contributed by atoms with Crippen molar-refractivity contribution in [3.05, 3.63) is 51.7 Å². The first-order valence-corrected chi connectivity index (χ1v) is 10.1. The van der Waals surface area contributed by atoms with E-state index < -0.39 is 6.04 Å². The van der Waals surface area contributed by atoms with Gasteiger partial charge in [-0.05, 0) is 42.4 Å². The Morgan fingerprint density at radius 3 is 2.75 bits per heavy atom. The third-order valence-corrected chi connectivity index (χ3v) is 6.11. The number of hydrogen-bond acceptors (Lipinski definition) is 5. The van der Waals surface area contributed by atoms with E-state index in [0.717, 1.165) is 16.1 Å². The topological polar surface area (TPSA) is 90.5 Å². The third kappa shape index (κ3) is 3.76. The quantitative estimate of drug-likeness (QED) is 0.524. The highest BCUT2D eigenvalue weighted by Gasteiger charge is 2.40. The van der Waals surface area contributed by atoms with Gasteiger partial charge in [0.15, 0.2) is 5.11 Å². The first-order valence-electron chi connectivity index (χ1n) is 8.87. The summed E-state index contributed by atoms with van der Waals surface area (Å²) in [6, 6.07) is 11.0. The van der Waals surface area contributed by atoms with Crippen LogP contribution in [0.3, 0.4) is 0 Å². The van der Waals surface area contributed by atoms with Crippen LogP contribution in [0.15, 0.2) is 36.4 Å². The molecule has 1 saturated heterocycles. The molecule has 0 bridgehead atoms. The Balaban J connectivity index is 1.35. The number of anilines is 1. The fraction of sp³-hybridized carbons (Fsp3) is 0.263. The van der Waals surface area contributed by atoms with Gasteiger partial charge in [0.25, 0.3) is 5.91 Å². The van der Waals surface area contributed by atoms with Crippen LogP contribution < -0.4 is 16.0 Å². The zero-order valence-electron chi connectivity index (χ0n) is 14.9. The van der Waals surface area contributed by atoms with Crippen LogP contribution in [0.1, 0.15) is 33.0 Å². The predicted molar refractivity (Wildman–Crippen MR) is 110 cm³/mol. The van der Waals surface area contributed by atoms with Gasteiger partial charge in [0, 0.05) is 23.5 Å². The zero-order valence-corrected chi connectivity index (χ0v) is 16.5. The lowest BCUT2D eigenvalue weighted by atomic mass is 10.0. The van der Waals surface area contributed by atoms with Gasteiger partial charge in [-0.25, -0.2) is 0 Å². The van der Waals surface area contributed by atoms with E-state index in [4.69, 9.17) is 12.2 Å². The molecule has 3 N–H and O–H groups in total. The first-order chi connectivity index (χ1) is 13.5. The Hall–Kier alpha value is -2.78. The molecule has 1 unspecified atom stereocenters. The zero-order chi connectivity index (χ0) is 19.7. The van der Waals surface area contributed by atoms with Crippen LogP contribution >= 0.6 is 23.6 Å². The average molecular weight is 415 g/mol. The molecule has 28 heavy (non-hydrogen) atoms. The molecule has 4 rings (SSSR count). The Kier molecular flexibility index (Phi) is 5.10. The number of imide groups is 1. The van der Waals surface area contributed by atoms with Crippen molar-refractivity contribution in [3.63, 3.8) is 0 Å². The molecule has 1 atom stereocenters. The van der Waals surface area contributed by atoms with E-state index in [1.54, 1.807) is 4.90 Å². The number of piperidine rings is 1. The molecule has 3 amide bonds. The number of thiocarbonyl (C=S) groups is 1. The van der Waals surface area contributed by atoms with Crippen LogP contribution in [0, 0.1) is 0 Å². The summed E-state index contributed by atoms with van der Waals surface area (Å²) >= 11 is 6.71. The normalized spacial score (nSPS) is 18.6. The summed E-state index contributed by atoms with van der Waals surface area (Å²) in [6.07, 6.45) is 0.633. The fourth-order valence-electron chi connectivity index (χ4n) is 3.35. The second-order valence-electron chi connectivity index (χ2n) is 6.64. The Bertz CT molecular complexity index is 957. The highest BCUT2D eigenvalue weighted by Crippen LogP contribution is 2.33. The van der Waals surface area contributed by atoms with Gasteiger partial charge in [-0.3, -0.25) is 19.7 Å². The van der Waals surface area contributed by atoms with Crippen molar-refractivity contribution in [1.82, 2.24) is 15.5 Å². The van der Waals surface area contributed by atoms with Crippen molar-refractivity contribution in [3.8, 4) is 0 Å². The Morgan fingerprint density at radius 1 is 1.25 bits per heavy atom. The summed E-state index contributed by atoms with van der Waals surface area (Å²) in [5.74, 6) is -0.819. The average Bonchev–Trinajstić information content (AvgIpc) is 3.20. The molecular weight excluding hydrogens is 396 g/mol. The smallest absolute Gasteiger partial charge is 0.265 e. The third-order valence-electron chi connectivity index (χ3n) is 4.70. The molecule has 3 heterocycles. The fourth-order valence-corrected chi connectivity index (χ4v) is 4.61. The summed E-state index contributed by atoms with van der Waals surface area (Å²) in [6.45, 7) is 0.908. The molecule has 7 nitrogen and oxygen atoms in total. The number of hydrogen-bond donors (Lipinski definition) is 3. The molecule has 9 heteroatoms. The van der Waals surface area contributed by atoms with Gasteiger partial charge in [-0.1, -0.05) is 18.2 Å². The first kappa shape index (κ1) is 18.6. The number of amides is 3. The number of benzene rings is 1. The summed E-state index contributed by atoms with van der Waals surface area (Å²) in [5, 5.41) is 9.07. The maximum Gasteiger partial charge on any atom is 0.265 e. The number of nitrogens with one attached hydrogen (secondary N) is 3. The van der Waals surface area contributed by atoms with Crippen molar-refractivity contribution >= 4 is 52.1 Å². The minimum Gasteiger partial charge on any atom is -0.358 e. The van der Waals surface area contributed by atoms with Crippen LogP contribution in [0.25, 0.3) is 0 Å². The minimum absolute atomic E-state index is 0.147. The SMILES string of the molecule is O=C1CCC(N2Cc3cc(CNC(=S)Nc4ccccc4)sc3C2=O)C(=O)N1. The number of carbonyl (C=O) groups is 3. The van der Waals surface area contributed by atoms with Crippen LogP contribution in [-0.4, -0.2) is 33.8 Å². The minimum atomic E-state index is -0.575. The maximum absolute atomic E-state index is 12.7. The molecule has 2 aromatic rings. The van der Waals surface area contributed by atoms with Gasteiger partial charge in [0.2, 0.25) is 11.8 Å². The summed E-state index contributed by atoms with van der Waals surface area (Å²) in [7, 11) is 0. The van der Waals surface area contributed by atoms with Gasteiger partial charge >= 0.3 is 0 Å².